The zero-order chi connectivity index (χ0) is 18.7. The van der Waals surface area contributed by atoms with Crippen molar-refractivity contribution in [2.75, 3.05) is 26.6 Å². The molecule has 0 saturated heterocycles. The molecule has 0 saturated carbocycles. The smallest absolute Gasteiger partial charge is 0.377 e. The maximum Gasteiger partial charge on any atom is 0.501 e. The first-order valence-electron chi connectivity index (χ1n) is 7.45. The van der Waals surface area contributed by atoms with Crippen molar-refractivity contribution in [3.63, 3.8) is 0 Å². The Morgan fingerprint density at radius 1 is 1.04 bits per heavy atom. The zero-order valence-electron chi connectivity index (χ0n) is 14.4. The molecule has 146 valence electrons. The van der Waals surface area contributed by atoms with Crippen molar-refractivity contribution in [1.29, 1.82) is 0 Å². The lowest BCUT2D eigenvalue weighted by atomic mass is 10.3. The van der Waals surface area contributed by atoms with Gasteiger partial charge < -0.3 is 13.3 Å². The minimum atomic E-state index is -2.45. The van der Waals surface area contributed by atoms with E-state index in [4.69, 9.17) is 13.3 Å². The van der Waals surface area contributed by atoms with E-state index in [9.17, 15) is 0 Å². The average Bonchev–Trinajstić information content (AvgIpc) is 3.08. The first-order chi connectivity index (χ1) is 12.7. The van der Waals surface area contributed by atoms with Gasteiger partial charge in [-0.2, -0.15) is 0 Å². The molecular formula is C13H19NO3S8Si. The molecule has 0 atom stereocenters. The largest absolute Gasteiger partial charge is 0.501 e. The van der Waals surface area contributed by atoms with E-state index in [0.717, 1.165) is 21.7 Å². The van der Waals surface area contributed by atoms with Gasteiger partial charge in [-0.3, -0.25) is 0 Å². The number of hydrogen-bond acceptors (Lipinski definition) is 12. The van der Waals surface area contributed by atoms with Gasteiger partial charge in [0.1, 0.15) is 0 Å². The van der Waals surface area contributed by atoms with Crippen LogP contribution in [0.5, 0.6) is 0 Å². The number of nitrogens with zero attached hydrogens (tertiary/aromatic N) is 1. The standard InChI is InChI=1S/C13H19NO3S8Si/c1-4-17-26(15-2,16-3)10-9-18-21-23-25-24-22-20-13-14-11-7-5-6-8-12(11)19-13/h5-8H,4,9-10H2,1-3H3. The van der Waals surface area contributed by atoms with Crippen LogP contribution in [0.15, 0.2) is 28.6 Å². The Kier molecular flexibility index (Phi) is 12.7. The molecule has 0 aliphatic rings. The van der Waals surface area contributed by atoms with E-state index in [1.807, 2.05) is 23.8 Å². The van der Waals surface area contributed by atoms with Crippen LogP contribution in [-0.2, 0) is 13.3 Å². The van der Waals surface area contributed by atoms with Crippen molar-refractivity contribution >= 4 is 101 Å². The third kappa shape index (κ3) is 8.18. The lowest BCUT2D eigenvalue weighted by molar-refractivity contribution is 0.106. The average molecular weight is 522 g/mol. The highest BCUT2D eigenvalue weighted by atomic mass is 33.9. The van der Waals surface area contributed by atoms with E-state index in [1.54, 1.807) is 85.5 Å². The molecule has 0 N–H and O–H groups in total. The lowest BCUT2D eigenvalue weighted by Gasteiger charge is -2.25. The molecule has 2 rings (SSSR count). The second-order valence-corrected chi connectivity index (χ2v) is 20.0. The summed E-state index contributed by atoms with van der Waals surface area (Å²) >= 11 is 1.74. The van der Waals surface area contributed by atoms with Gasteiger partial charge in [-0.1, -0.05) is 22.9 Å². The molecule has 13 heteroatoms. The monoisotopic (exact) mass is 521 g/mol. The topological polar surface area (TPSA) is 40.6 Å². The van der Waals surface area contributed by atoms with Crippen LogP contribution in [-0.4, -0.2) is 40.4 Å². The van der Waals surface area contributed by atoms with Crippen molar-refractivity contribution in [3.8, 4) is 0 Å². The van der Waals surface area contributed by atoms with Gasteiger partial charge >= 0.3 is 8.80 Å². The van der Waals surface area contributed by atoms with E-state index in [1.165, 1.54) is 4.70 Å². The van der Waals surface area contributed by atoms with Crippen molar-refractivity contribution in [1.82, 2.24) is 4.98 Å². The second kappa shape index (κ2) is 13.8. The lowest BCUT2D eigenvalue weighted by Crippen LogP contribution is -2.44. The Hall–Kier alpha value is 1.66. The van der Waals surface area contributed by atoms with E-state index in [-0.39, 0.29) is 0 Å². The van der Waals surface area contributed by atoms with Gasteiger partial charge in [-0.25, -0.2) is 4.98 Å². The predicted molar refractivity (Wildman–Crippen MR) is 132 cm³/mol. The Balaban J connectivity index is 1.51. The first kappa shape index (κ1) is 23.9. The Morgan fingerprint density at radius 3 is 2.50 bits per heavy atom. The second-order valence-electron chi connectivity index (χ2n) is 4.47. The summed E-state index contributed by atoms with van der Waals surface area (Å²) in [7, 11) is 13.3. The van der Waals surface area contributed by atoms with Gasteiger partial charge in [-0.05, 0) is 79.0 Å². The van der Waals surface area contributed by atoms with Crippen molar-refractivity contribution < 1.29 is 13.3 Å². The normalized spacial score (nSPS) is 12.1. The molecular weight excluding hydrogens is 503 g/mol. The van der Waals surface area contributed by atoms with Crippen LogP contribution < -0.4 is 0 Å². The van der Waals surface area contributed by atoms with Gasteiger partial charge in [0.15, 0.2) is 4.34 Å². The van der Waals surface area contributed by atoms with Crippen LogP contribution in [0.2, 0.25) is 6.04 Å². The summed E-state index contributed by atoms with van der Waals surface area (Å²) in [4.78, 5) is 4.62. The molecule has 0 aliphatic carbocycles. The molecule has 1 aromatic carbocycles. The van der Waals surface area contributed by atoms with Crippen LogP contribution in [0.25, 0.3) is 10.2 Å². The molecule has 0 aliphatic heterocycles. The summed E-state index contributed by atoms with van der Waals surface area (Å²) < 4.78 is 19.0. The maximum atomic E-state index is 5.70. The van der Waals surface area contributed by atoms with E-state index in [0.29, 0.717) is 6.61 Å². The summed E-state index contributed by atoms with van der Waals surface area (Å²) in [5.41, 5.74) is 1.08. The number of fused-ring (bicyclic) bond motifs is 1. The first-order valence-corrected chi connectivity index (χ1v) is 19.2. The fourth-order valence-corrected chi connectivity index (χ4v) is 20.3. The van der Waals surface area contributed by atoms with E-state index in [2.05, 4.69) is 23.2 Å². The number of thiazole rings is 1. The van der Waals surface area contributed by atoms with Gasteiger partial charge in [0, 0.05) is 32.6 Å². The summed E-state index contributed by atoms with van der Waals surface area (Å²) in [5.74, 6) is 0.949. The minimum Gasteiger partial charge on any atom is -0.377 e. The summed E-state index contributed by atoms with van der Waals surface area (Å²) in [6, 6.07) is 9.08. The van der Waals surface area contributed by atoms with E-state index >= 15 is 0 Å². The van der Waals surface area contributed by atoms with Crippen LogP contribution in [0, 0.1) is 0 Å². The molecule has 0 spiro atoms. The number of para-hydroxylation sites is 1. The highest BCUT2D eigenvalue weighted by Crippen LogP contribution is 2.56. The summed E-state index contributed by atoms with van der Waals surface area (Å²) in [6.07, 6.45) is 0. The number of rotatable bonds is 14. The molecule has 0 radical (unpaired) electrons. The van der Waals surface area contributed by atoms with E-state index < -0.39 is 8.80 Å². The number of hydrogen-bond donors (Lipinski definition) is 0. The Morgan fingerprint density at radius 2 is 1.77 bits per heavy atom. The van der Waals surface area contributed by atoms with Gasteiger partial charge in [0.05, 0.1) is 10.2 Å². The summed E-state index contributed by atoms with van der Waals surface area (Å²) in [5, 5.41) is 0. The highest BCUT2D eigenvalue weighted by molar-refractivity contribution is 9.46. The van der Waals surface area contributed by atoms with Crippen LogP contribution in [0.4, 0.5) is 0 Å². The molecule has 2 aromatic rings. The van der Waals surface area contributed by atoms with Gasteiger partial charge in [0.25, 0.3) is 0 Å². The molecule has 0 fully saturated rings. The zero-order valence-corrected chi connectivity index (χ0v) is 21.9. The number of aromatic nitrogens is 1. The fraction of sp³-hybridized carbons (Fsp3) is 0.462. The minimum absolute atomic E-state index is 0.622. The maximum absolute atomic E-state index is 5.70. The third-order valence-electron chi connectivity index (χ3n) is 3.02. The van der Waals surface area contributed by atoms with Crippen LogP contribution >= 0.6 is 82.1 Å². The molecule has 0 unspecified atom stereocenters. The fourth-order valence-electron chi connectivity index (χ4n) is 1.88. The number of benzene rings is 1. The van der Waals surface area contributed by atoms with Gasteiger partial charge in [0.2, 0.25) is 0 Å². The molecule has 1 heterocycles. The SMILES string of the molecule is CCO[Si](CCSSSSSSSc1nc2ccccc2s1)(OC)OC. The Labute approximate surface area is 186 Å². The van der Waals surface area contributed by atoms with Crippen LogP contribution in [0.1, 0.15) is 6.92 Å². The molecule has 0 bridgehead atoms. The summed E-state index contributed by atoms with van der Waals surface area (Å²) in [6.45, 7) is 2.59. The van der Waals surface area contributed by atoms with Crippen molar-refractivity contribution in [2.24, 2.45) is 0 Å². The molecule has 4 nitrogen and oxygen atoms in total. The predicted octanol–water partition coefficient (Wildman–Crippen LogP) is 7.55. The molecule has 1 aromatic heterocycles. The third-order valence-corrected chi connectivity index (χ3v) is 20.5. The van der Waals surface area contributed by atoms with Crippen LogP contribution in [0.3, 0.4) is 0 Å². The van der Waals surface area contributed by atoms with Crippen molar-refractivity contribution in [2.45, 2.75) is 17.3 Å². The van der Waals surface area contributed by atoms with Crippen molar-refractivity contribution in [3.05, 3.63) is 24.3 Å². The molecule has 0 amide bonds. The Bertz CT molecular complexity index is 612. The quantitative estimate of drug-likeness (QED) is 0.140. The highest BCUT2D eigenvalue weighted by Gasteiger charge is 2.37. The molecule has 26 heavy (non-hydrogen) atoms. The van der Waals surface area contributed by atoms with Gasteiger partial charge in [-0.15, -0.1) is 11.3 Å².